The molecule has 0 aromatic heterocycles. The fraction of sp³-hybridized carbons (Fsp3) is 0.300. The van der Waals surface area contributed by atoms with Crippen LogP contribution in [0.25, 0.3) is 0 Å². The van der Waals surface area contributed by atoms with Gasteiger partial charge in [0.1, 0.15) is 6.61 Å². The first-order valence-corrected chi connectivity index (χ1v) is 5.32. The van der Waals surface area contributed by atoms with Crippen molar-refractivity contribution in [2.75, 3.05) is 25.1 Å². The molecular formula is C10H11Cl2NO3. The second-order valence-corrected chi connectivity index (χ2v) is 3.86. The molecule has 0 aliphatic rings. The van der Waals surface area contributed by atoms with Crippen molar-refractivity contribution in [2.24, 2.45) is 0 Å². The number of anilines is 1. The molecule has 2 N–H and O–H groups in total. The molecule has 0 heterocycles. The maximum atomic E-state index is 11.3. The molecule has 0 aliphatic heterocycles. The van der Waals surface area contributed by atoms with Gasteiger partial charge in [0.05, 0.1) is 13.2 Å². The first-order valence-electron chi connectivity index (χ1n) is 4.56. The zero-order valence-electron chi connectivity index (χ0n) is 8.37. The first-order chi connectivity index (χ1) is 7.61. The predicted octanol–water partition coefficient (Wildman–Crippen LogP) is 1.94. The van der Waals surface area contributed by atoms with Crippen LogP contribution in [0.2, 0.25) is 10.0 Å². The number of aliphatic hydroxyl groups is 1. The van der Waals surface area contributed by atoms with Crippen LogP contribution >= 0.6 is 23.2 Å². The third-order valence-electron chi connectivity index (χ3n) is 1.62. The van der Waals surface area contributed by atoms with Gasteiger partial charge in [0, 0.05) is 15.7 Å². The summed E-state index contributed by atoms with van der Waals surface area (Å²) in [7, 11) is 0. The van der Waals surface area contributed by atoms with Crippen molar-refractivity contribution in [3.8, 4) is 0 Å². The topological polar surface area (TPSA) is 58.6 Å². The highest BCUT2D eigenvalue weighted by Crippen LogP contribution is 2.22. The second kappa shape index (κ2) is 6.70. The molecule has 0 saturated carbocycles. The SMILES string of the molecule is O=C(COCCO)Nc1cc(Cl)cc(Cl)c1. The number of carbonyl (C=O) groups is 1. The van der Waals surface area contributed by atoms with Crippen molar-refractivity contribution >= 4 is 34.8 Å². The molecule has 0 saturated heterocycles. The Labute approximate surface area is 103 Å². The average molecular weight is 264 g/mol. The van der Waals surface area contributed by atoms with Crippen LogP contribution < -0.4 is 5.32 Å². The highest BCUT2D eigenvalue weighted by molar-refractivity contribution is 6.35. The molecule has 0 atom stereocenters. The number of nitrogens with one attached hydrogen (secondary N) is 1. The van der Waals surface area contributed by atoms with Crippen molar-refractivity contribution < 1.29 is 14.6 Å². The van der Waals surface area contributed by atoms with E-state index in [9.17, 15) is 4.79 Å². The lowest BCUT2D eigenvalue weighted by Crippen LogP contribution is -2.19. The van der Waals surface area contributed by atoms with Crippen LogP contribution in [0, 0.1) is 0 Å². The molecule has 0 spiro atoms. The molecule has 1 rings (SSSR count). The van der Waals surface area contributed by atoms with Crippen molar-refractivity contribution in [2.45, 2.75) is 0 Å². The van der Waals surface area contributed by atoms with E-state index >= 15 is 0 Å². The number of hydrogen-bond acceptors (Lipinski definition) is 3. The zero-order chi connectivity index (χ0) is 12.0. The Morgan fingerprint density at radius 2 is 1.94 bits per heavy atom. The Bertz CT molecular complexity index is 351. The van der Waals surface area contributed by atoms with Gasteiger partial charge in [-0.1, -0.05) is 23.2 Å². The van der Waals surface area contributed by atoms with Gasteiger partial charge in [-0.2, -0.15) is 0 Å². The molecule has 6 heteroatoms. The Morgan fingerprint density at radius 1 is 1.31 bits per heavy atom. The minimum atomic E-state index is -0.327. The summed E-state index contributed by atoms with van der Waals surface area (Å²) in [5.74, 6) is -0.327. The summed E-state index contributed by atoms with van der Waals surface area (Å²) >= 11 is 11.5. The normalized spacial score (nSPS) is 10.2. The van der Waals surface area contributed by atoms with Crippen LogP contribution in [0.3, 0.4) is 0 Å². The third-order valence-corrected chi connectivity index (χ3v) is 2.05. The van der Waals surface area contributed by atoms with Gasteiger partial charge in [0.2, 0.25) is 5.91 Å². The fourth-order valence-electron chi connectivity index (χ4n) is 1.05. The number of rotatable bonds is 5. The highest BCUT2D eigenvalue weighted by Gasteiger charge is 2.04. The van der Waals surface area contributed by atoms with Crippen molar-refractivity contribution in [3.63, 3.8) is 0 Å². The average Bonchev–Trinajstić information content (AvgIpc) is 2.16. The van der Waals surface area contributed by atoms with Gasteiger partial charge >= 0.3 is 0 Å². The summed E-state index contributed by atoms with van der Waals surface area (Å²) in [6.07, 6.45) is 0. The van der Waals surface area contributed by atoms with Gasteiger partial charge in [-0.15, -0.1) is 0 Å². The molecule has 0 aliphatic carbocycles. The quantitative estimate of drug-likeness (QED) is 0.799. The largest absolute Gasteiger partial charge is 0.394 e. The molecule has 4 nitrogen and oxygen atoms in total. The summed E-state index contributed by atoms with van der Waals surface area (Å²) in [6, 6.07) is 4.73. The standard InChI is InChI=1S/C10H11Cl2NO3/c11-7-3-8(12)5-9(4-7)13-10(15)6-16-2-1-14/h3-5,14H,1-2,6H2,(H,13,15). The number of benzene rings is 1. The van der Waals surface area contributed by atoms with Crippen LogP contribution in [0.5, 0.6) is 0 Å². The molecule has 0 radical (unpaired) electrons. The van der Waals surface area contributed by atoms with E-state index in [0.29, 0.717) is 15.7 Å². The number of ether oxygens (including phenoxy) is 1. The Kier molecular flexibility index (Phi) is 5.55. The summed E-state index contributed by atoms with van der Waals surface area (Å²) in [6.45, 7) is -0.106. The van der Waals surface area contributed by atoms with Crippen molar-refractivity contribution in [3.05, 3.63) is 28.2 Å². The minimum absolute atomic E-state index is 0.115. The summed E-state index contributed by atoms with van der Waals surface area (Å²) in [5, 5.41) is 11.9. The van der Waals surface area contributed by atoms with Gasteiger partial charge < -0.3 is 15.2 Å². The van der Waals surface area contributed by atoms with E-state index in [2.05, 4.69) is 5.32 Å². The van der Waals surface area contributed by atoms with E-state index in [0.717, 1.165) is 0 Å². The van der Waals surface area contributed by atoms with Crippen LogP contribution in [-0.2, 0) is 9.53 Å². The lowest BCUT2D eigenvalue weighted by molar-refractivity contribution is -0.120. The lowest BCUT2D eigenvalue weighted by Gasteiger charge is -2.06. The highest BCUT2D eigenvalue weighted by atomic mass is 35.5. The number of amides is 1. The van der Waals surface area contributed by atoms with Crippen molar-refractivity contribution in [1.29, 1.82) is 0 Å². The van der Waals surface area contributed by atoms with Gasteiger partial charge in [-0.3, -0.25) is 4.79 Å². The molecule has 1 amide bonds. The number of aliphatic hydroxyl groups excluding tert-OH is 1. The van der Waals surface area contributed by atoms with Crippen molar-refractivity contribution in [1.82, 2.24) is 0 Å². The molecule has 0 fully saturated rings. The van der Waals surface area contributed by atoms with E-state index in [1.165, 1.54) is 0 Å². The number of hydrogen-bond donors (Lipinski definition) is 2. The Hall–Kier alpha value is -0.810. The minimum Gasteiger partial charge on any atom is -0.394 e. The van der Waals surface area contributed by atoms with E-state index < -0.39 is 0 Å². The molecule has 0 bridgehead atoms. The molecule has 0 unspecified atom stereocenters. The first kappa shape index (κ1) is 13.3. The molecular weight excluding hydrogens is 253 g/mol. The van der Waals surface area contributed by atoms with Crippen LogP contribution in [-0.4, -0.2) is 30.8 Å². The van der Waals surface area contributed by atoms with E-state index in [1.807, 2.05) is 0 Å². The van der Waals surface area contributed by atoms with Crippen LogP contribution in [0.15, 0.2) is 18.2 Å². The number of halogens is 2. The van der Waals surface area contributed by atoms with E-state index in [1.54, 1.807) is 18.2 Å². The number of carbonyl (C=O) groups excluding carboxylic acids is 1. The maximum Gasteiger partial charge on any atom is 0.250 e. The van der Waals surface area contributed by atoms with Crippen LogP contribution in [0.1, 0.15) is 0 Å². The van der Waals surface area contributed by atoms with E-state index in [4.69, 9.17) is 33.0 Å². The molecule has 1 aromatic carbocycles. The molecule has 16 heavy (non-hydrogen) atoms. The molecule has 88 valence electrons. The zero-order valence-corrected chi connectivity index (χ0v) is 9.88. The second-order valence-electron chi connectivity index (χ2n) is 2.98. The Balaban J connectivity index is 2.49. The van der Waals surface area contributed by atoms with E-state index in [-0.39, 0.29) is 25.7 Å². The summed E-state index contributed by atoms with van der Waals surface area (Å²) in [5.41, 5.74) is 0.509. The van der Waals surface area contributed by atoms with Gasteiger partial charge in [0.15, 0.2) is 0 Å². The predicted molar refractivity (Wildman–Crippen MR) is 63.0 cm³/mol. The smallest absolute Gasteiger partial charge is 0.250 e. The maximum absolute atomic E-state index is 11.3. The van der Waals surface area contributed by atoms with Gasteiger partial charge in [-0.25, -0.2) is 0 Å². The van der Waals surface area contributed by atoms with Gasteiger partial charge in [-0.05, 0) is 18.2 Å². The Morgan fingerprint density at radius 3 is 2.50 bits per heavy atom. The summed E-state index contributed by atoms with van der Waals surface area (Å²) in [4.78, 5) is 11.3. The lowest BCUT2D eigenvalue weighted by atomic mass is 10.3. The molecule has 1 aromatic rings. The third kappa shape index (κ3) is 4.81. The monoisotopic (exact) mass is 263 g/mol. The fourth-order valence-corrected chi connectivity index (χ4v) is 1.58. The van der Waals surface area contributed by atoms with Crippen LogP contribution in [0.4, 0.5) is 5.69 Å². The van der Waals surface area contributed by atoms with Gasteiger partial charge in [0.25, 0.3) is 0 Å². The summed E-state index contributed by atoms with van der Waals surface area (Å²) < 4.78 is 4.85.